The summed E-state index contributed by atoms with van der Waals surface area (Å²) in [4.78, 5) is 12.1. The number of Topliss-reactive ketones (excluding diaryl/α,β-unsaturated/α-hetero) is 1. The minimum absolute atomic E-state index is 0.0332. The topological polar surface area (TPSA) is 54.4 Å². The molecule has 4 heteroatoms. The molecule has 3 nitrogen and oxygen atoms in total. The Morgan fingerprint density at radius 3 is 2.50 bits per heavy atom. The van der Waals surface area contributed by atoms with Gasteiger partial charge in [0.2, 0.25) is 0 Å². The van der Waals surface area contributed by atoms with Crippen LogP contribution in [0, 0.1) is 6.92 Å². The zero-order chi connectivity index (χ0) is 13.5. The van der Waals surface area contributed by atoms with E-state index in [1.165, 1.54) is 0 Å². The van der Waals surface area contributed by atoms with Crippen molar-refractivity contribution in [2.24, 2.45) is 0 Å². The molecule has 0 fully saturated rings. The van der Waals surface area contributed by atoms with Gasteiger partial charge in [-0.25, -0.2) is 0 Å². The fraction of sp³-hybridized carbons (Fsp3) is 0.500. The lowest BCUT2D eigenvalue weighted by atomic mass is 10.1. The van der Waals surface area contributed by atoms with Gasteiger partial charge in [-0.2, -0.15) is 0 Å². The fourth-order valence-electron chi connectivity index (χ4n) is 1.66. The third-order valence-electron chi connectivity index (χ3n) is 2.62. The van der Waals surface area contributed by atoms with Crippen molar-refractivity contribution in [1.82, 2.24) is 0 Å². The first-order chi connectivity index (χ1) is 8.52. The maximum atomic E-state index is 11.9. The number of aliphatic hydroxyl groups excluding tert-OH is 1. The number of benzene rings is 1. The first kappa shape index (κ1) is 15.1. The summed E-state index contributed by atoms with van der Waals surface area (Å²) in [5.41, 5.74) is 1.11. The van der Waals surface area contributed by atoms with Crippen LogP contribution in [0.15, 0.2) is 29.2 Å². The Balaban J connectivity index is 2.49. The molecule has 2 atom stereocenters. The predicted octanol–water partition coefficient (Wildman–Crippen LogP) is 2.22. The molecule has 100 valence electrons. The van der Waals surface area contributed by atoms with Gasteiger partial charge >= 0.3 is 0 Å². The van der Waals surface area contributed by atoms with Crippen molar-refractivity contribution in [3.8, 4) is 0 Å². The van der Waals surface area contributed by atoms with Crippen LogP contribution in [0.4, 0.5) is 0 Å². The van der Waals surface area contributed by atoms with Crippen molar-refractivity contribution in [2.45, 2.75) is 44.1 Å². The van der Waals surface area contributed by atoms with Crippen molar-refractivity contribution in [3.63, 3.8) is 0 Å². The second-order valence-corrected chi connectivity index (χ2v) is 5.97. The summed E-state index contributed by atoms with van der Waals surface area (Å²) in [7, 11) is -1.24. The van der Waals surface area contributed by atoms with E-state index in [-0.39, 0.29) is 18.0 Å². The van der Waals surface area contributed by atoms with E-state index in [9.17, 15) is 14.1 Å². The summed E-state index contributed by atoms with van der Waals surface area (Å²) in [5.74, 6) is 0.157. The molecule has 1 aromatic carbocycles. The van der Waals surface area contributed by atoms with Crippen molar-refractivity contribution >= 4 is 16.6 Å². The monoisotopic (exact) mass is 268 g/mol. The van der Waals surface area contributed by atoms with Gasteiger partial charge in [0.05, 0.1) is 22.7 Å². The van der Waals surface area contributed by atoms with Crippen LogP contribution in [0.5, 0.6) is 0 Å². The molecule has 18 heavy (non-hydrogen) atoms. The van der Waals surface area contributed by atoms with Gasteiger partial charge in [0, 0.05) is 17.7 Å². The Labute approximate surface area is 111 Å². The van der Waals surface area contributed by atoms with E-state index >= 15 is 0 Å². The van der Waals surface area contributed by atoms with Crippen LogP contribution in [-0.4, -0.2) is 27.0 Å². The third-order valence-corrected chi connectivity index (χ3v) is 4.11. The molecular weight excluding hydrogens is 248 g/mol. The van der Waals surface area contributed by atoms with E-state index in [2.05, 4.69) is 0 Å². The van der Waals surface area contributed by atoms with Crippen LogP contribution in [0.25, 0.3) is 0 Å². The second kappa shape index (κ2) is 7.44. The van der Waals surface area contributed by atoms with Crippen LogP contribution in [0.3, 0.4) is 0 Å². The average Bonchev–Trinajstić information content (AvgIpc) is 2.29. The van der Waals surface area contributed by atoms with Gasteiger partial charge in [0.25, 0.3) is 0 Å². The molecule has 0 aliphatic carbocycles. The highest BCUT2D eigenvalue weighted by Crippen LogP contribution is 2.11. The predicted molar refractivity (Wildman–Crippen MR) is 73.0 cm³/mol. The number of aryl methyl sites for hydroxylation is 1. The zero-order valence-electron chi connectivity index (χ0n) is 10.9. The molecule has 1 aromatic rings. The average molecular weight is 268 g/mol. The van der Waals surface area contributed by atoms with Gasteiger partial charge in [-0.1, -0.05) is 24.6 Å². The molecule has 1 N–H and O–H groups in total. The number of ketones is 1. The molecule has 0 unspecified atom stereocenters. The normalized spacial score (nSPS) is 14.2. The first-order valence-electron chi connectivity index (χ1n) is 6.17. The summed E-state index contributed by atoms with van der Waals surface area (Å²) < 4.78 is 11.9. The van der Waals surface area contributed by atoms with E-state index in [0.717, 1.165) is 12.0 Å². The highest BCUT2D eigenvalue weighted by molar-refractivity contribution is 7.85. The Bertz CT molecular complexity index is 412. The molecule has 0 aliphatic rings. The highest BCUT2D eigenvalue weighted by atomic mass is 32.2. The van der Waals surface area contributed by atoms with Crippen LogP contribution in [-0.2, 0) is 15.6 Å². The zero-order valence-corrected chi connectivity index (χ0v) is 11.7. The van der Waals surface area contributed by atoms with Gasteiger partial charge in [-0.3, -0.25) is 9.00 Å². The summed E-state index contributed by atoms with van der Waals surface area (Å²) in [6.07, 6.45) is 0.554. The number of hydrogen-bond acceptors (Lipinski definition) is 3. The van der Waals surface area contributed by atoms with Crippen molar-refractivity contribution in [3.05, 3.63) is 29.8 Å². The van der Waals surface area contributed by atoms with Crippen molar-refractivity contribution in [2.75, 3.05) is 5.75 Å². The molecule has 1 rings (SSSR count). The highest BCUT2D eigenvalue weighted by Gasteiger charge is 2.14. The van der Waals surface area contributed by atoms with Gasteiger partial charge in [0.1, 0.15) is 5.78 Å². The number of carbonyl (C=O) groups is 1. The molecule has 0 spiro atoms. The molecule has 0 heterocycles. The third kappa shape index (κ3) is 5.10. The van der Waals surface area contributed by atoms with E-state index in [1.54, 1.807) is 12.1 Å². The molecule has 0 saturated heterocycles. The summed E-state index contributed by atoms with van der Waals surface area (Å²) >= 11 is 0. The molecule has 0 aliphatic heterocycles. The van der Waals surface area contributed by atoms with Crippen molar-refractivity contribution < 1.29 is 14.1 Å². The Morgan fingerprint density at radius 1 is 1.33 bits per heavy atom. The van der Waals surface area contributed by atoms with Crippen LogP contribution < -0.4 is 0 Å². The number of aliphatic hydroxyl groups is 1. The molecule has 0 bridgehead atoms. The largest absolute Gasteiger partial charge is 0.392 e. The van der Waals surface area contributed by atoms with Gasteiger partial charge in [-0.15, -0.1) is 0 Å². The van der Waals surface area contributed by atoms with E-state index in [1.807, 2.05) is 26.0 Å². The maximum Gasteiger partial charge on any atom is 0.135 e. The Morgan fingerprint density at radius 2 is 1.94 bits per heavy atom. The lowest BCUT2D eigenvalue weighted by Gasteiger charge is -2.09. The first-order valence-corrected chi connectivity index (χ1v) is 7.49. The number of carbonyl (C=O) groups excluding carboxylic acids is 1. The SMILES string of the molecule is CCCC(=O)C[C@@H](O)C[S@](=O)c1ccc(C)cc1. The van der Waals surface area contributed by atoms with Crippen LogP contribution >= 0.6 is 0 Å². The fourth-order valence-corrected chi connectivity index (χ4v) is 2.76. The molecule has 0 radical (unpaired) electrons. The summed E-state index contributed by atoms with van der Waals surface area (Å²) in [6, 6.07) is 7.38. The van der Waals surface area contributed by atoms with Gasteiger partial charge in [0.15, 0.2) is 0 Å². The van der Waals surface area contributed by atoms with E-state index in [4.69, 9.17) is 0 Å². The number of rotatable bonds is 7. The minimum atomic E-state index is -1.24. The smallest absolute Gasteiger partial charge is 0.135 e. The minimum Gasteiger partial charge on any atom is -0.392 e. The van der Waals surface area contributed by atoms with Gasteiger partial charge in [-0.05, 0) is 25.5 Å². The van der Waals surface area contributed by atoms with E-state index < -0.39 is 16.9 Å². The molecule has 0 aromatic heterocycles. The molecule has 0 amide bonds. The molecular formula is C14H20O3S. The van der Waals surface area contributed by atoms with Gasteiger partial charge < -0.3 is 5.11 Å². The molecule has 0 saturated carbocycles. The van der Waals surface area contributed by atoms with Crippen LogP contribution in [0.2, 0.25) is 0 Å². The summed E-state index contributed by atoms with van der Waals surface area (Å²) in [6.45, 7) is 3.89. The number of hydrogen-bond donors (Lipinski definition) is 1. The quantitative estimate of drug-likeness (QED) is 0.825. The lowest BCUT2D eigenvalue weighted by Crippen LogP contribution is -2.20. The summed E-state index contributed by atoms with van der Waals surface area (Å²) in [5, 5.41) is 9.72. The van der Waals surface area contributed by atoms with Crippen molar-refractivity contribution in [1.29, 1.82) is 0 Å². The van der Waals surface area contributed by atoms with E-state index in [0.29, 0.717) is 11.3 Å². The second-order valence-electron chi connectivity index (χ2n) is 4.47. The Kier molecular flexibility index (Phi) is 6.22. The standard InChI is InChI=1S/C14H20O3S/c1-3-4-12(15)9-13(16)10-18(17)14-7-5-11(2)6-8-14/h5-8,13,16H,3-4,9-10H2,1-2H3/t13-,18+/m1/s1. The Hall–Kier alpha value is -1.00. The van der Waals surface area contributed by atoms with Crippen LogP contribution in [0.1, 0.15) is 31.7 Å². The maximum absolute atomic E-state index is 11.9. The lowest BCUT2D eigenvalue weighted by molar-refractivity contribution is -0.120.